The number of benzene rings is 1. The van der Waals surface area contributed by atoms with E-state index in [1.807, 2.05) is 0 Å². The van der Waals surface area contributed by atoms with Crippen LogP contribution in [-0.4, -0.2) is 41.3 Å². The Bertz CT molecular complexity index is 705. The zero-order valence-electron chi connectivity index (χ0n) is 10.6. The van der Waals surface area contributed by atoms with Crippen molar-refractivity contribution in [1.82, 2.24) is 4.31 Å². The van der Waals surface area contributed by atoms with Gasteiger partial charge in [0.2, 0.25) is 10.0 Å². The molecule has 0 amide bonds. The Morgan fingerprint density at radius 3 is 2.71 bits per heavy atom. The van der Waals surface area contributed by atoms with Gasteiger partial charge in [0.25, 0.3) is 5.69 Å². The van der Waals surface area contributed by atoms with E-state index < -0.39 is 32.6 Å². The van der Waals surface area contributed by atoms with Crippen molar-refractivity contribution in [3.8, 4) is 0 Å². The van der Waals surface area contributed by atoms with Gasteiger partial charge in [-0.1, -0.05) is 11.6 Å². The number of hydrogen-bond donors (Lipinski definition) is 1. The summed E-state index contributed by atoms with van der Waals surface area (Å²) in [6.45, 7) is 0.0652. The van der Waals surface area contributed by atoms with Gasteiger partial charge in [0, 0.05) is 12.6 Å². The van der Waals surface area contributed by atoms with Gasteiger partial charge in [-0.25, -0.2) is 8.42 Å². The normalized spacial score (nSPS) is 19.6. The van der Waals surface area contributed by atoms with Crippen molar-refractivity contribution in [3.63, 3.8) is 0 Å². The van der Waals surface area contributed by atoms with Crippen LogP contribution >= 0.6 is 11.6 Å². The average molecular weight is 335 g/mol. The van der Waals surface area contributed by atoms with Crippen LogP contribution in [0.3, 0.4) is 0 Å². The fourth-order valence-electron chi connectivity index (χ4n) is 2.20. The molecule has 1 saturated heterocycles. The van der Waals surface area contributed by atoms with Crippen LogP contribution in [0.4, 0.5) is 5.69 Å². The first kappa shape index (κ1) is 15.7. The highest BCUT2D eigenvalue weighted by Gasteiger charge is 2.40. The van der Waals surface area contributed by atoms with E-state index >= 15 is 0 Å². The number of nitro benzene ring substituents is 1. The fourth-order valence-corrected chi connectivity index (χ4v) is 4.06. The molecule has 1 aliphatic rings. The van der Waals surface area contributed by atoms with E-state index in [9.17, 15) is 23.3 Å². The van der Waals surface area contributed by atoms with Crippen molar-refractivity contribution in [2.45, 2.75) is 23.8 Å². The smallest absolute Gasteiger partial charge is 0.322 e. The molecule has 1 heterocycles. The molecule has 8 nitrogen and oxygen atoms in total. The van der Waals surface area contributed by atoms with Crippen LogP contribution in [0, 0.1) is 10.1 Å². The van der Waals surface area contributed by atoms with Gasteiger partial charge < -0.3 is 5.11 Å². The number of hydrogen-bond acceptors (Lipinski definition) is 5. The van der Waals surface area contributed by atoms with Crippen molar-refractivity contribution in [1.29, 1.82) is 0 Å². The molecular formula is C11H11ClN2O6S. The zero-order chi connectivity index (χ0) is 15.8. The number of aliphatic carboxylic acids is 1. The molecule has 1 aromatic rings. The van der Waals surface area contributed by atoms with E-state index in [2.05, 4.69) is 0 Å². The Labute approximate surface area is 125 Å². The molecule has 0 unspecified atom stereocenters. The van der Waals surface area contributed by atoms with Crippen molar-refractivity contribution in [2.75, 3.05) is 6.54 Å². The predicted octanol–water partition coefficient (Wildman–Crippen LogP) is 1.49. The van der Waals surface area contributed by atoms with Crippen LogP contribution in [0.5, 0.6) is 0 Å². The lowest BCUT2D eigenvalue weighted by Crippen LogP contribution is -2.40. The highest BCUT2D eigenvalue weighted by molar-refractivity contribution is 7.89. The maximum Gasteiger partial charge on any atom is 0.322 e. The summed E-state index contributed by atoms with van der Waals surface area (Å²) in [7, 11) is -4.12. The van der Waals surface area contributed by atoms with Crippen molar-refractivity contribution in [3.05, 3.63) is 33.3 Å². The zero-order valence-corrected chi connectivity index (χ0v) is 12.2. The first-order valence-electron chi connectivity index (χ1n) is 5.93. The monoisotopic (exact) mass is 334 g/mol. The van der Waals surface area contributed by atoms with Crippen LogP contribution in [-0.2, 0) is 14.8 Å². The number of carboxylic acid groups (broad SMARTS) is 1. The SMILES string of the molecule is O=C(O)[C@@H]1CCCN1S(=O)(=O)c1ccc(Cl)c([N+](=O)[O-])c1. The maximum absolute atomic E-state index is 12.4. The second-order valence-corrected chi connectivity index (χ2v) is 6.78. The molecule has 2 rings (SSSR count). The van der Waals surface area contributed by atoms with Gasteiger partial charge in [-0.2, -0.15) is 4.31 Å². The molecule has 21 heavy (non-hydrogen) atoms. The van der Waals surface area contributed by atoms with Crippen molar-refractivity contribution < 1.29 is 23.2 Å². The van der Waals surface area contributed by atoms with Gasteiger partial charge >= 0.3 is 5.97 Å². The molecule has 1 N–H and O–H groups in total. The molecule has 0 aliphatic carbocycles. The van der Waals surface area contributed by atoms with Gasteiger partial charge in [-0.15, -0.1) is 0 Å². The molecule has 1 fully saturated rings. The number of nitrogens with zero attached hydrogens (tertiary/aromatic N) is 2. The maximum atomic E-state index is 12.4. The summed E-state index contributed by atoms with van der Waals surface area (Å²) >= 11 is 5.64. The summed E-state index contributed by atoms with van der Waals surface area (Å²) < 4.78 is 25.7. The second kappa shape index (κ2) is 5.58. The number of carbonyl (C=O) groups is 1. The molecule has 0 spiro atoms. The van der Waals surface area contributed by atoms with Gasteiger partial charge in [-0.3, -0.25) is 14.9 Å². The number of sulfonamides is 1. The molecule has 1 aromatic carbocycles. The van der Waals surface area contributed by atoms with Gasteiger partial charge in [0.1, 0.15) is 11.1 Å². The van der Waals surface area contributed by atoms with Crippen LogP contribution in [0.2, 0.25) is 5.02 Å². The van der Waals surface area contributed by atoms with Gasteiger partial charge in [0.05, 0.1) is 9.82 Å². The van der Waals surface area contributed by atoms with Crippen LogP contribution in [0.25, 0.3) is 0 Å². The highest BCUT2D eigenvalue weighted by atomic mass is 35.5. The summed E-state index contributed by atoms with van der Waals surface area (Å²) in [5.41, 5.74) is -0.538. The lowest BCUT2D eigenvalue weighted by atomic mass is 10.2. The molecular weight excluding hydrogens is 324 g/mol. The minimum atomic E-state index is -4.12. The number of halogens is 1. The van der Waals surface area contributed by atoms with E-state index in [0.717, 1.165) is 22.5 Å². The molecule has 1 atom stereocenters. The third-order valence-corrected chi connectivity index (χ3v) is 5.43. The number of nitro groups is 1. The molecule has 114 valence electrons. The minimum Gasteiger partial charge on any atom is -0.480 e. The Morgan fingerprint density at radius 1 is 1.48 bits per heavy atom. The number of carboxylic acids is 1. The first-order chi connectivity index (χ1) is 9.75. The third-order valence-electron chi connectivity index (χ3n) is 3.21. The number of rotatable bonds is 4. The summed E-state index contributed by atoms with van der Waals surface area (Å²) in [5, 5.41) is 19.7. The molecule has 0 radical (unpaired) electrons. The summed E-state index contributed by atoms with van der Waals surface area (Å²) in [6.07, 6.45) is 0.635. The Kier molecular flexibility index (Phi) is 4.17. The minimum absolute atomic E-state index is 0.0652. The first-order valence-corrected chi connectivity index (χ1v) is 7.75. The third kappa shape index (κ3) is 2.85. The van der Waals surface area contributed by atoms with Crippen LogP contribution < -0.4 is 0 Å². The largest absolute Gasteiger partial charge is 0.480 e. The quantitative estimate of drug-likeness (QED) is 0.658. The Hall–Kier alpha value is -1.71. The molecule has 0 aromatic heterocycles. The Balaban J connectivity index is 2.47. The molecule has 0 bridgehead atoms. The molecule has 1 aliphatic heterocycles. The lowest BCUT2D eigenvalue weighted by molar-refractivity contribution is -0.384. The average Bonchev–Trinajstić information content (AvgIpc) is 2.88. The van der Waals surface area contributed by atoms with E-state index in [4.69, 9.17) is 16.7 Å². The predicted molar refractivity (Wildman–Crippen MR) is 72.7 cm³/mol. The van der Waals surface area contributed by atoms with E-state index in [-0.39, 0.29) is 22.9 Å². The highest BCUT2D eigenvalue weighted by Crippen LogP contribution is 2.31. The van der Waals surface area contributed by atoms with E-state index in [0.29, 0.717) is 6.42 Å². The fraction of sp³-hybridized carbons (Fsp3) is 0.364. The van der Waals surface area contributed by atoms with E-state index in [1.165, 1.54) is 0 Å². The molecule has 10 heteroatoms. The van der Waals surface area contributed by atoms with Crippen molar-refractivity contribution >= 4 is 33.3 Å². The summed E-state index contributed by atoms with van der Waals surface area (Å²) in [5.74, 6) is -1.24. The summed E-state index contributed by atoms with van der Waals surface area (Å²) in [4.78, 5) is 20.8. The lowest BCUT2D eigenvalue weighted by Gasteiger charge is -2.20. The second-order valence-electron chi connectivity index (χ2n) is 4.48. The summed E-state index contributed by atoms with van der Waals surface area (Å²) in [6, 6.07) is 1.93. The van der Waals surface area contributed by atoms with E-state index in [1.54, 1.807) is 0 Å². The van der Waals surface area contributed by atoms with Crippen molar-refractivity contribution in [2.24, 2.45) is 0 Å². The standard InChI is InChI=1S/C11H11ClN2O6S/c12-8-4-3-7(6-10(8)14(17)18)21(19,20)13-5-1-2-9(13)11(15)16/h3-4,6,9H,1-2,5H2,(H,15,16)/t9-/m0/s1. The molecule has 0 saturated carbocycles. The van der Waals surface area contributed by atoms with Crippen LogP contribution in [0.15, 0.2) is 23.1 Å². The topological polar surface area (TPSA) is 118 Å². The van der Waals surface area contributed by atoms with Crippen LogP contribution in [0.1, 0.15) is 12.8 Å². The van der Waals surface area contributed by atoms with Gasteiger partial charge in [0.15, 0.2) is 0 Å². The van der Waals surface area contributed by atoms with Gasteiger partial charge in [-0.05, 0) is 25.0 Å². The Morgan fingerprint density at radius 2 is 2.14 bits per heavy atom.